The normalized spacial score (nSPS) is 22.6. The van der Waals surface area contributed by atoms with E-state index in [9.17, 15) is 4.79 Å². The second-order valence-electron chi connectivity index (χ2n) is 5.27. The molecule has 1 amide bonds. The molecule has 1 fully saturated rings. The fraction of sp³-hybridized carbons (Fsp3) is 0.533. The summed E-state index contributed by atoms with van der Waals surface area (Å²) in [5.74, 6) is 0.0533. The Morgan fingerprint density at radius 1 is 1.30 bits per heavy atom. The first-order valence-corrected chi connectivity index (χ1v) is 7.28. The van der Waals surface area contributed by atoms with Gasteiger partial charge in [0, 0.05) is 24.3 Å². The van der Waals surface area contributed by atoms with E-state index in [1.165, 1.54) is 0 Å². The molecule has 0 aliphatic carbocycles. The van der Waals surface area contributed by atoms with Crippen LogP contribution in [0, 0.1) is 0 Å². The molecule has 108 valence electrons. The number of anilines is 1. The summed E-state index contributed by atoms with van der Waals surface area (Å²) in [4.78, 5) is 14.3. The lowest BCUT2D eigenvalue weighted by molar-refractivity contribution is -0.117. The van der Waals surface area contributed by atoms with Crippen molar-refractivity contribution in [2.75, 3.05) is 44.7 Å². The molecule has 3 rings (SSSR count). The molecule has 0 radical (unpaired) electrons. The third-order valence-corrected chi connectivity index (χ3v) is 3.90. The van der Waals surface area contributed by atoms with Gasteiger partial charge in [-0.05, 0) is 25.6 Å². The van der Waals surface area contributed by atoms with Gasteiger partial charge in [-0.1, -0.05) is 18.2 Å². The van der Waals surface area contributed by atoms with E-state index in [0.717, 1.165) is 57.1 Å². The number of hydrogen-bond acceptors (Lipinski definition) is 4. The van der Waals surface area contributed by atoms with E-state index in [-0.39, 0.29) is 11.9 Å². The first-order chi connectivity index (χ1) is 9.84. The van der Waals surface area contributed by atoms with Gasteiger partial charge in [0.1, 0.15) is 6.04 Å². The van der Waals surface area contributed by atoms with Gasteiger partial charge in [0.25, 0.3) is 0 Å². The number of benzene rings is 1. The fourth-order valence-electron chi connectivity index (χ4n) is 2.79. The van der Waals surface area contributed by atoms with E-state index >= 15 is 0 Å². The highest BCUT2D eigenvalue weighted by molar-refractivity contribution is 6.02. The van der Waals surface area contributed by atoms with Crippen molar-refractivity contribution in [3.8, 4) is 0 Å². The molecule has 1 aromatic rings. The van der Waals surface area contributed by atoms with Crippen LogP contribution in [-0.4, -0.2) is 50.2 Å². The highest BCUT2D eigenvalue weighted by Gasteiger charge is 2.29. The van der Waals surface area contributed by atoms with Crippen LogP contribution in [0.2, 0.25) is 0 Å². The lowest BCUT2D eigenvalue weighted by Crippen LogP contribution is -2.38. The Hall–Kier alpha value is -1.43. The van der Waals surface area contributed by atoms with Gasteiger partial charge < -0.3 is 15.4 Å². The SMILES string of the molecule is O=C1Nc2ccccc2C1NCCCN1CCOCC1. The standard InChI is InChI=1S/C15H21N3O2/c19-15-14(12-4-1-2-5-13(12)17-15)16-6-3-7-18-8-10-20-11-9-18/h1-2,4-5,14,16H,3,6-11H2,(H,17,19). The molecule has 1 unspecified atom stereocenters. The van der Waals surface area contributed by atoms with Crippen molar-refractivity contribution in [1.29, 1.82) is 0 Å². The van der Waals surface area contributed by atoms with Crippen molar-refractivity contribution in [3.05, 3.63) is 29.8 Å². The minimum atomic E-state index is -0.198. The van der Waals surface area contributed by atoms with Crippen LogP contribution in [0.15, 0.2) is 24.3 Å². The first-order valence-electron chi connectivity index (χ1n) is 7.28. The molecule has 2 aliphatic heterocycles. The number of rotatable bonds is 5. The Labute approximate surface area is 119 Å². The highest BCUT2D eigenvalue weighted by Crippen LogP contribution is 2.29. The summed E-state index contributed by atoms with van der Waals surface area (Å²) in [5, 5.41) is 6.27. The third-order valence-electron chi connectivity index (χ3n) is 3.90. The molecule has 2 aliphatic rings. The summed E-state index contributed by atoms with van der Waals surface area (Å²) < 4.78 is 5.33. The maximum absolute atomic E-state index is 11.9. The quantitative estimate of drug-likeness (QED) is 0.787. The van der Waals surface area contributed by atoms with Crippen LogP contribution in [0.3, 0.4) is 0 Å². The minimum Gasteiger partial charge on any atom is -0.379 e. The number of carbonyl (C=O) groups excluding carboxylic acids is 1. The lowest BCUT2D eigenvalue weighted by Gasteiger charge is -2.26. The van der Waals surface area contributed by atoms with Crippen molar-refractivity contribution in [2.24, 2.45) is 0 Å². The summed E-state index contributed by atoms with van der Waals surface area (Å²) >= 11 is 0. The third kappa shape index (κ3) is 3.00. The van der Waals surface area contributed by atoms with Crippen LogP contribution in [-0.2, 0) is 9.53 Å². The highest BCUT2D eigenvalue weighted by atomic mass is 16.5. The van der Waals surface area contributed by atoms with E-state index in [0.29, 0.717) is 0 Å². The number of fused-ring (bicyclic) bond motifs is 1. The van der Waals surface area contributed by atoms with Crippen molar-refractivity contribution in [2.45, 2.75) is 12.5 Å². The van der Waals surface area contributed by atoms with Crippen LogP contribution in [0.5, 0.6) is 0 Å². The molecule has 5 nitrogen and oxygen atoms in total. The summed E-state index contributed by atoms with van der Waals surface area (Å²) in [6.45, 7) is 5.63. The number of para-hydroxylation sites is 1. The average molecular weight is 275 g/mol. The van der Waals surface area contributed by atoms with Crippen LogP contribution in [0.1, 0.15) is 18.0 Å². The maximum Gasteiger partial charge on any atom is 0.246 e. The summed E-state index contributed by atoms with van der Waals surface area (Å²) in [6, 6.07) is 7.67. The predicted octanol–water partition coefficient (Wildman–Crippen LogP) is 0.992. The monoisotopic (exact) mass is 275 g/mol. The second-order valence-corrected chi connectivity index (χ2v) is 5.27. The second kappa shape index (κ2) is 6.35. The van der Waals surface area contributed by atoms with Crippen molar-refractivity contribution >= 4 is 11.6 Å². The Morgan fingerprint density at radius 3 is 2.95 bits per heavy atom. The van der Waals surface area contributed by atoms with Gasteiger partial charge in [-0.25, -0.2) is 0 Å². The van der Waals surface area contributed by atoms with Crippen LogP contribution in [0.25, 0.3) is 0 Å². The van der Waals surface area contributed by atoms with Crippen LogP contribution < -0.4 is 10.6 Å². The van der Waals surface area contributed by atoms with Gasteiger partial charge in [-0.3, -0.25) is 9.69 Å². The van der Waals surface area contributed by atoms with Gasteiger partial charge >= 0.3 is 0 Å². The zero-order chi connectivity index (χ0) is 13.8. The smallest absolute Gasteiger partial charge is 0.246 e. The lowest BCUT2D eigenvalue weighted by atomic mass is 10.1. The van der Waals surface area contributed by atoms with Gasteiger partial charge in [-0.15, -0.1) is 0 Å². The number of nitrogens with one attached hydrogen (secondary N) is 2. The largest absolute Gasteiger partial charge is 0.379 e. The zero-order valence-electron chi connectivity index (χ0n) is 11.6. The number of nitrogens with zero attached hydrogens (tertiary/aromatic N) is 1. The first kappa shape index (κ1) is 13.5. The van der Waals surface area contributed by atoms with Crippen molar-refractivity contribution in [1.82, 2.24) is 10.2 Å². The van der Waals surface area contributed by atoms with Crippen LogP contribution >= 0.6 is 0 Å². The molecule has 1 aromatic carbocycles. The molecule has 0 aromatic heterocycles. The molecule has 1 saturated heterocycles. The zero-order valence-corrected chi connectivity index (χ0v) is 11.6. The summed E-state index contributed by atoms with van der Waals surface area (Å²) in [6.07, 6.45) is 1.05. The molecule has 2 N–H and O–H groups in total. The van der Waals surface area contributed by atoms with Gasteiger partial charge in [0.05, 0.1) is 13.2 Å². The molecule has 20 heavy (non-hydrogen) atoms. The minimum absolute atomic E-state index is 0.0533. The molecule has 2 heterocycles. The molecular weight excluding hydrogens is 254 g/mol. The molecule has 5 heteroatoms. The average Bonchev–Trinajstić information content (AvgIpc) is 2.80. The Bertz CT molecular complexity index is 472. The molecule has 0 bridgehead atoms. The Morgan fingerprint density at radius 2 is 2.10 bits per heavy atom. The fourth-order valence-corrected chi connectivity index (χ4v) is 2.79. The van der Waals surface area contributed by atoms with Crippen LogP contribution in [0.4, 0.5) is 5.69 Å². The number of hydrogen-bond donors (Lipinski definition) is 2. The number of amides is 1. The van der Waals surface area contributed by atoms with Crippen molar-refractivity contribution in [3.63, 3.8) is 0 Å². The molecule has 0 spiro atoms. The predicted molar refractivity (Wildman–Crippen MR) is 77.7 cm³/mol. The Kier molecular flexibility index (Phi) is 4.30. The van der Waals surface area contributed by atoms with Gasteiger partial charge in [0.15, 0.2) is 0 Å². The number of morpholine rings is 1. The van der Waals surface area contributed by atoms with Gasteiger partial charge in [0.2, 0.25) is 5.91 Å². The van der Waals surface area contributed by atoms with E-state index < -0.39 is 0 Å². The number of carbonyl (C=O) groups is 1. The van der Waals surface area contributed by atoms with Gasteiger partial charge in [-0.2, -0.15) is 0 Å². The van der Waals surface area contributed by atoms with E-state index in [1.807, 2.05) is 24.3 Å². The molecule has 1 atom stereocenters. The molecule has 0 saturated carbocycles. The topological polar surface area (TPSA) is 53.6 Å². The maximum atomic E-state index is 11.9. The summed E-state index contributed by atoms with van der Waals surface area (Å²) in [7, 11) is 0. The molecular formula is C15H21N3O2. The summed E-state index contributed by atoms with van der Waals surface area (Å²) in [5.41, 5.74) is 1.99. The van der Waals surface area contributed by atoms with E-state index in [1.54, 1.807) is 0 Å². The van der Waals surface area contributed by atoms with E-state index in [2.05, 4.69) is 15.5 Å². The van der Waals surface area contributed by atoms with Crippen molar-refractivity contribution < 1.29 is 9.53 Å². The van der Waals surface area contributed by atoms with E-state index in [4.69, 9.17) is 4.74 Å². The number of ether oxygens (including phenoxy) is 1. The Balaban J connectivity index is 1.45.